The summed E-state index contributed by atoms with van der Waals surface area (Å²) in [6.07, 6.45) is -4.50. The molecule has 24 heavy (non-hydrogen) atoms. The van der Waals surface area contributed by atoms with Crippen LogP contribution in [-0.4, -0.2) is 21.2 Å². The Morgan fingerprint density at radius 1 is 1.38 bits per heavy atom. The van der Waals surface area contributed by atoms with Gasteiger partial charge in [-0.3, -0.25) is 4.79 Å². The second-order valence-electron chi connectivity index (χ2n) is 5.48. The van der Waals surface area contributed by atoms with E-state index in [1.807, 2.05) is 13.8 Å². The molecule has 0 aliphatic carbocycles. The molecule has 0 aliphatic heterocycles. The van der Waals surface area contributed by atoms with Crippen LogP contribution in [0.2, 0.25) is 0 Å². The summed E-state index contributed by atoms with van der Waals surface area (Å²) in [7, 11) is 0. The zero-order valence-electron chi connectivity index (χ0n) is 13.0. The molecule has 0 atom stereocenters. The lowest BCUT2D eigenvalue weighted by Crippen LogP contribution is -2.14. The molecular formula is C15H16F3N3O3. The van der Waals surface area contributed by atoms with E-state index in [0.717, 1.165) is 12.1 Å². The summed E-state index contributed by atoms with van der Waals surface area (Å²) < 4.78 is 42.9. The van der Waals surface area contributed by atoms with Crippen LogP contribution in [0.15, 0.2) is 22.7 Å². The second kappa shape index (κ2) is 6.90. The largest absolute Gasteiger partial charge is 0.506 e. The molecule has 0 fully saturated rings. The fourth-order valence-electron chi connectivity index (χ4n) is 1.85. The topological polar surface area (TPSA) is 88.2 Å². The van der Waals surface area contributed by atoms with Crippen LogP contribution in [0.4, 0.5) is 18.9 Å². The van der Waals surface area contributed by atoms with Crippen LogP contribution in [0.1, 0.15) is 43.5 Å². The first-order chi connectivity index (χ1) is 11.2. The zero-order chi connectivity index (χ0) is 17.9. The van der Waals surface area contributed by atoms with Gasteiger partial charge in [0.15, 0.2) is 5.82 Å². The van der Waals surface area contributed by atoms with Gasteiger partial charge in [0.1, 0.15) is 5.75 Å². The minimum Gasteiger partial charge on any atom is -0.506 e. The number of amides is 1. The average molecular weight is 343 g/mol. The number of nitrogens with zero attached hydrogens (tertiary/aromatic N) is 2. The second-order valence-corrected chi connectivity index (χ2v) is 5.48. The van der Waals surface area contributed by atoms with Crippen LogP contribution >= 0.6 is 0 Å². The molecule has 2 rings (SSSR count). The van der Waals surface area contributed by atoms with Crippen molar-refractivity contribution in [2.75, 3.05) is 5.32 Å². The Morgan fingerprint density at radius 2 is 2.08 bits per heavy atom. The molecule has 1 heterocycles. The number of anilines is 1. The standard InChI is InChI=1S/C15H16F3N3O3/c1-8(2)14-20-13(24-21-14)6-5-12(23)19-10-7-9(15(16,17)18)3-4-11(10)22/h3-4,7-8,22H,5-6H2,1-2H3,(H,19,23). The summed E-state index contributed by atoms with van der Waals surface area (Å²) in [5.74, 6) is -0.161. The van der Waals surface area contributed by atoms with Crippen LogP contribution in [0.3, 0.4) is 0 Å². The Kier molecular flexibility index (Phi) is 5.10. The molecule has 1 aromatic heterocycles. The molecule has 0 saturated heterocycles. The molecule has 2 N–H and O–H groups in total. The van der Waals surface area contributed by atoms with E-state index in [1.165, 1.54) is 0 Å². The van der Waals surface area contributed by atoms with E-state index in [2.05, 4.69) is 15.5 Å². The van der Waals surface area contributed by atoms with Crippen molar-refractivity contribution >= 4 is 11.6 Å². The quantitative estimate of drug-likeness (QED) is 0.812. The predicted octanol–water partition coefficient (Wildman–Crippen LogP) is 3.49. The van der Waals surface area contributed by atoms with Crippen molar-refractivity contribution < 1.29 is 27.6 Å². The fraction of sp³-hybridized carbons (Fsp3) is 0.400. The van der Waals surface area contributed by atoms with Gasteiger partial charge in [0, 0.05) is 18.8 Å². The molecule has 0 radical (unpaired) electrons. The summed E-state index contributed by atoms with van der Waals surface area (Å²) >= 11 is 0. The monoisotopic (exact) mass is 343 g/mol. The molecule has 1 aromatic carbocycles. The van der Waals surface area contributed by atoms with Gasteiger partial charge in [0.05, 0.1) is 11.3 Å². The van der Waals surface area contributed by atoms with E-state index >= 15 is 0 Å². The molecule has 0 spiro atoms. The molecular weight excluding hydrogens is 327 g/mol. The van der Waals surface area contributed by atoms with Gasteiger partial charge in [0.25, 0.3) is 0 Å². The van der Waals surface area contributed by atoms with Crippen LogP contribution in [0.5, 0.6) is 5.75 Å². The van der Waals surface area contributed by atoms with Crippen molar-refractivity contribution in [1.82, 2.24) is 10.1 Å². The molecule has 9 heteroatoms. The van der Waals surface area contributed by atoms with Crippen molar-refractivity contribution in [2.24, 2.45) is 0 Å². The van der Waals surface area contributed by atoms with Crippen LogP contribution in [0.25, 0.3) is 0 Å². The molecule has 0 aliphatic rings. The minimum atomic E-state index is -4.57. The highest BCUT2D eigenvalue weighted by atomic mass is 19.4. The first-order valence-electron chi connectivity index (χ1n) is 7.19. The third-order valence-electron chi connectivity index (χ3n) is 3.16. The van der Waals surface area contributed by atoms with Crippen LogP contribution < -0.4 is 5.32 Å². The van der Waals surface area contributed by atoms with Crippen molar-refractivity contribution in [1.29, 1.82) is 0 Å². The van der Waals surface area contributed by atoms with Gasteiger partial charge in [-0.25, -0.2) is 0 Å². The molecule has 130 valence electrons. The van der Waals surface area contributed by atoms with Gasteiger partial charge in [-0.15, -0.1) is 0 Å². The van der Waals surface area contributed by atoms with Crippen LogP contribution in [-0.2, 0) is 17.4 Å². The Bertz CT molecular complexity index is 726. The number of hydrogen-bond donors (Lipinski definition) is 2. The Hall–Kier alpha value is -2.58. The van der Waals surface area contributed by atoms with E-state index < -0.39 is 23.4 Å². The summed E-state index contributed by atoms with van der Waals surface area (Å²) in [5.41, 5.74) is -1.27. The van der Waals surface area contributed by atoms with E-state index in [1.54, 1.807) is 0 Å². The summed E-state index contributed by atoms with van der Waals surface area (Å²) in [6, 6.07) is 2.29. The highest BCUT2D eigenvalue weighted by Crippen LogP contribution is 2.34. The third-order valence-corrected chi connectivity index (χ3v) is 3.16. The lowest BCUT2D eigenvalue weighted by atomic mass is 10.1. The number of aryl methyl sites for hydroxylation is 1. The smallest absolute Gasteiger partial charge is 0.416 e. The number of aromatic nitrogens is 2. The maximum atomic E-state index is 12.7. The lowest BCUT2D eigenvalue weighted by molar-refractivity contribution is -0.137. The summed E-state index contributed by atoms with van der Waals surface area (Å²) in [5, 5.41) is 15.6. The molecule has 2 aromatic rings. The predicted molar refractivity (Wildman–Crippen MR) is 78.4 cm³/mol. The Balaban J connectivity index is 1.99. The van der Waals surface area contributed by atoms with E-state index in [4.69, 9.17) is 4.52 Å². The summed E-state index contributed by atoms with van der Waals surface area (Å²) in [4.78, 5) is 15.9. The van der Waals surface area contributed by atoms with E-state index in [-0.39, 0.29) is 30.3 Å². The zero-order valence-corrected chi connectivity index (χ0v) is 13.0. The first-order valence-corrected chi connectivity index (χ1v) is 7.19. The van der Waals surface area contributed by atoms with Crippen molar-refractivity contribution in [3.63, 3.8) is 0 Å². The number of benzene rings is 1. The van der Waals surface area contributed by atoms with E-state index in [0.29, 0.717) is 11.9 Å². The van der Waals surface area contributed by atoms with Gasteiger partial charge in [0.2, 0.25) is 11.8 Å². The number of phenolic OH excluding ortho intramolecular Hbond substituents is 1. The first kappa shape index (κ1) is 17.8. The summed E-state index contributed by atoms with van der Waals surface area (Å²) in [6.45, 7) is 3.77. The normalized spacial score (nSPS) is 11.8. The van der Waals surface area contributed by atoms with Crippen molar-refractivity contribution in [2.45, 2.75) is 38.8 Å². The lowest BCUT2D eigenvalue weighted by Gasteiger charge is -2.11. The van der Waals surface area contributed by atoms with Gasteiger partial charge >= 0.3 is 6.18 Å². The maximum absolute atomic E-state index is 12.7. The van der Waals surface area contributed by atoms with Gasteiger partial charge in [-0.2, -0.15) is 18.2 Å². The molecule has 0 saturated carbocycles. The number of halogens is 3. The highest BCUT2D eigenvalue weighted by molar-refractivity contribution is 5.92. The average Bonchev–Trinajstić information content (AvgIpc) is 2.95. The minimum absolute atomic E-state index is 0.0740. The number of phenols is 1. The molecule has 0 unspecified atom stereocenters. The van der Waals surface area contributed by atoms with Crippen molar-refractivity contribution in [3.8, 4) is 5.75 Å². The fourth-order valence-corrected chi connectivity index (χ4v) is 1.85. The Morgan fingerprint density at radius 3 is 2.67 bits per heavy atom. The number of nitrogens with one attached hydrogen (secondary N) is 1. The molecule has 6 nitrogen and oxygen atoms in total. The van der Waals surface area contributed by atoms with Gasteiger partial charge < -0.3 is 14.9 Å². The molecule has 0 bridgehead atoms. The van der Waals surface area contributed by atoms with Crippen LogP contribution in [0, 0.1) is 0 Å². The number of aromatic hydroxyl groups is 1. The van der Waals surface area contributed by atoms with Crippen molar-refractivity contribution in [3.05, 3.63) is 35.5 Å². The highest BCUT2D eigenvalue weighted by Gasteiger charge is 2.31. The maximum Gasteiger partial charge on any atom is 0.416 e. The van der Waals surface area contributed by atoms with Gasteiger partial charge in [-0.1, -0.05) is 19.0 Å². The van der Waals surface area contributed by atoms with Gasteiger partial charge in [-0.05, 0) is 18.2 Å². The third kappa shape index (κ3) is 4.46. The number of carbonyl (C=O) groups is 1. The SMILES string of the molecule is CC(C)c1noc(CCC(=O)Nc2cc(C(F)(F)F)ccc2O)n1. The Labute approximate surface area is 135 Å². The number of rotatable bonds is 5. The van der Waals surface area contributed by atoms with E-state index in [9.17, 15) is 23.1 Å². The number of carbonyl (C=O) groups excluding carboxylic acids is 1. The number of alkyl halides is 3. The number of hydrogen-bond acceptors (Lipinski definition) is 5. The molecule has 1 amide bonds.